The summed E-state index contributed by atoms with van der Waals surface area (Å²) in [6.07, 6.45) is 0. The normalized spacial score (nSPS) is 11.3. The van der Waals surface area contributed by atoms with Crippen molar-refractivity contribution < 1.29 is 0 Å². The maximum atomic E-state index is 5.17. The van der Waals surface area contributed by atoms with Crippen LogP contribution in [-0.4, -0.2) is 24.9 Å². The van der Waals surface area contributed by atoms with Gasteiger partial charge in [-0.3, -0.25) is 0 Å². The quantitative estimate of drug-likeness (QED) is 0.180. The Bertz CT molecular complexity index is 2470. The third-order valence-electron chi connectivity index (χ3n) is 8.56. The summed E-state index contributed by atoms with van der Waals surface area (Å²) in [5, 5.41) is 2.24. The fourth-order valence-electron chi connectivity index (χ4n) is 6.17. The smallest absolute Gasteiger partial charge is 0.164 e. The molecule has 0 saturated carbocycles. The van der Waals surface area contributed by atoms with Gasteiger partial charge in [-0.15, -0.1) is 11.3 Å². The van der Waals surface area contributed by atoms with Gasteiger partial charge in [0.15, 0.2) is 23.3 Å². The lowest BCUT2D eigenvalue weighted by atomic mass is 10.0. The van der Waals surface area contributed by atoms with Crippen molar-refractivity contribution in [2.24, 2.45) is 0 Å². The minimum atomic E-state index is 0.625. The van der Waals surface area contributed by atoms with Crippen molar-refractivity contribution in [1.82, 2.24) is 24.9 Å². The van der Waals surface area contributed by atoms with Crippen LogP contribution >= 0.6 is 11.3 Å². The van der Waals surface area contributed by atoms with E-state index >= 15 is 0 Å². The zero-order valence-corrected chi connectivity index (χ0v) is 27.0. The standard InChI is InChI=1S/C43H27N5S/c1-5-14-28(15-6-1)35-27-36(29-16-7-2-8-17-29)45-43(44-35)33-22-13-23-38-39(33)34-26-32(24-25-37(34)49-38)42-47-40(30-18-9-3-10-19-30)46-41(48-42)31-20-11-4-12-21-31/h1-27H. The lowest BCUT2D eigenvalue weighted by Gasteiger charge is -2.11. The van der Waals surface area contributed by atoms with Crippen molar-refractivity contribution in [2.45, 2.75) is 0 Å². The molecule has 0 bridgehead atoms. The molecule has 0 aliphatic carbocycles. The molecule has 0 atom stereocenters. The van der Waals surface area contributed by atoms with Crippen LogP contribution in [0.3, 0.4) is 0 Å². The zero-order chi connectivity index (χ0) is 32.6. The second-order valence-corrected chi connectivity index (χ2v) is 12.8. The van der Waals surface area contributed by atoms with E-state index in [1.807, 2.05) is 97.1 Å². The van der Waals surface area contributed by atoms with Gasteiger partial charge in [0, 0.05) is 53.6 Å². The molecule has 230 valence electrons. The molecule has 0 spiro atoms. The van der Waals surface area contributed by atoms with Gasteiger partial charge in [-0.25, -0.2) is 24.9 Å². The summed E-state index contributed by atoms with van der Waals surface area (Å²) in [6.45, 7) is 0. The highest BCUT2D eigenvalue weighted by Crippen LogP contribution is 2.41. The van der Waals surface area contributed by atoms with E-state index in [9.17, 15) is 0 Å². The molecule has 9 rings (SSSR count). The number of hydrogen-bond acceptors (Lipinski definition) is 6. The van der Waals surface area contributed by atoms with E-state index in [2.05, 4.69) is 66.7 Å². The topological polar surface area (TPSA) is 64.5 Å². The van der Waals surface area contributed by atoms with Crippen LogP contribution in [0.2, 0.25) is 0 Å². The van der Waals surface area contributed by atoms with Gasteiger partial charge in [0.05, 0.1) is 11.4 Å². The van der Waals surface area contributed by atoms with Crippen LogP contribution in [0.4, 0.5) is 0 Å². The van der Waals surface area contributed by atoms with Gasteiger partial charge in [-0.1, -0.05) is 133 Å². The summed E-state index contributed by atoms with van der Waals surface area (Å²) in [5.74, 6) is 2.59. The first-order valence-corrected chi connectivity index (χ1v) is 16.9. The van der Waals surface area contributed by atoms with Crippen LogP contribution < -0.4 is 0 Å². The first-order valence-electron chi connectivity index (χ1n) is 16.1. The Morgan fingerprint density at radius 3 is 1.35 bits per heavy atom. The van der Waals surface area contributed by atoms with E-state index in [0.717, 1.165) is 55.5 Å². The molecule has 0 N–H and O–H groups in total. The third kappa shape index (κ3) is 5.54. The van der Waals surface area contributed by atoms with E-state index in [1.165, 1.54) is 9.40 Å². The molecule has 0 aliphatic rings. The molecule has 9 aromatic rings. The van der Waals surface area contributed by atoms with Crippen LogP contribution in [0.25, 0.3) is 88.2 Å². The Labute approximate surface area is 287 Å². The lowest BCUT2D eigenvalue weighted by molar-refractivity contribution is 1.07. The third-order valence-corrected chi connectivity index (χ3v) is 9.69. The summed E-state index contributed by atoms with van der Waals surface area (Å²) in [4.78, 5) is 25.2. The Hall–Kier alpha value is -6.37. The van der Waals surface area contributed by atoms with Crippen molar-refractivity contribution in [3.8, 4) is 68.1 Å². The van der Waals surface area contributed by atoms with E-state index in [1.54, 1.807) is 11.3 Å². The summed E-state index contributed by atoms with van der Waals surface area (Å²) in [6, 6.07) is 55.7. The van der Waals surface area contributed by atoms with Crippen molar-refractivity contribution in [3.63, 3.8) is 0 Å². The molecule has 49 heavy (non-hydrogen) atoms. The summed E-state index contributed by atoms with van der Waals surface area (Å²) in [7, 11) is 0. The average Bonchev–Trinajstić information content (AvgIpc) is 3.57. The minimum Gasteiger partial charge on any atom is -0.228 e. The first kappa shape index (κ1) is 28.8. The van der Waals surface area contributed by atoms with Crippen LogP contribution in [-0.2, 0) is 0 Å². The second-order valence-electron chi connectivity index (χ2n) is 11.7. The highest BCUT2D eigenvalue weighted by atomic mass is 32.1. The van der Waals surface area contributed by atoms with Crippen molar-refractivity contribution in [2.75, 3.05) is 0 Å². The van der Waals surface area contributed by atoms with E-state index in [0.29, 0.717) is 23.3 Å². The maximum Gasteiger partial charge on any atom is 0.164 e. The molecule has 0 fully saturated rings. The van der Waals surface area contributed by atoms with Gasteiger partial charge in [0.25, 0.3) is 0 Å². The maximum absolute atomic E-state index is 5.17. The molecule has 6 aromatic carbocycles. The molecule has 6 heteroatoms. The van der Waals surface area contributed by atoms with E-state index in [4.69, 9.17) is 24.9 Å². The molecule has 0 amide bonds. The Morgan fingerprint density at radius 1 is 0.327 bits per heavy atom. The van der Waals surface area contributed by atoms with Gasteiger partial charge in [-0.05, 0) is 30.3 Å². The Kier molecular flexibility index (Phi) is 7.26. The Morgan fingerprint density at radius 2 is 0.816 bits per heavy atom. The zero-order valence-electron chi connectivity index (χ0n) is 26.2. The molecule has 0 saturated heterocycles. The number of fused-ring (bicyclic) bond motifs is 3. The van der Waals surface area contributed by atoms with Crippen LogP contribution in [0, 0.1) is 0 Å². The Balaban J connectivity index is 1.25. The number of nitrogens with zero attached hydrogens (tertiary/aromatic N) is 5. The predicted octanol–water partition coefficient (Wildman–Crippen LogP) is 11.0. The summed E-state index contributed by atoms with van der Waals surface area (Å²) in [5.41, 5.74) is 7.65. The molecular formula is C43H27N5S. The lowest BCUT2D eigenvalue weighted by Crippen LogP contribution is -2.00. The van der Waals surface area contributed by atoms with Crippen LogP contribution in [0.15, 0.2) is 164 Å². The highest BCUT2D eigenvalue weighted by Gasteiger charge is 2.18. The molecule has 3 heterocycles. The fourth-order valence-corrected chi connectivity index (χ4v) is 7.28. The molecule has 3 aromatic heterocycles. The molecular weight excluding hydrogens is 619 g/mol. The van der Waals surface area contributed by atoms with E-state index < -0.39 is 0 Å². The number of aromatic nitrogens is 5. The van der Waals surface area contributed by atoms with Gasteiger partial charge < -0.3 is 0 Å². The molecule has 0 aliphatic heterocycles. The number of benzene rings is 6. The number of rotatable bonds is 6. The molecule has 0 radical (unpaired) electrons. The summed E-state index contributed by atoms with van der Waals surface area (Å²) >= 11 is 1.77. The monoisotopic (exact) mass is 645 g/mol. The van der Waals surface area contributed by atoms with E-state index in [-0.39, 0.29) is 0 Å². The van der Waals surface area contributed by atoms with Crippen molar-refractivity contribution >= 4 is 31.5 Å². The van der Waals surface area contributed by atoms with Crippen molar-refractivity contribution in [1.29, 1.82) is 0 Å². The molecule has 0 unspecified atom stereocenters. The van der Waals surface area contributed by atoms with Gasteiger partial charge in [-0.2, -0.15) is 0 Å². The van der Waals surface area contributed by atoms with Gasteiger partial charge >= 0.3 is 0 Å². The predicted molar refractivity (Wildman–Crippen MR) is 201 cm³/mol. The van der Waals surface area contributed by atoms with Crippen molar-refractivity contribution in [3.05, 3.63) is 164 Å². The highest BCUT2D eigenvalue weighted by molar-refractivity contribution is 7.26. The number of thiophene rings is 1. The van der Waals surface area contributed by atoms with Gasteiger partial charge in [0.1, 0.15) is 0 Å². The largest absolute Gasteiger partial charge is 0.228 e. The van der Waals surface area contributed by atoms with Crippen LogP contribution in [0.1, 0.15) is 0 Å². The number of hydrogen-bond donors (Lipinski definition) is 0. The van der Waals surface area contributed by atoms with Crippen LogP contribution in [0.5, 0.6) is 0 Å². The first-order chi connectivity index (χ1) is 24.3. The average molecular weight is 646 g/mol. The second kappa shape index (κ2) is 12.3. The summed E-state index contributed by atoms with van der Waals surface area (Å²) < 4.78 is 2.35. The molecule has 5 nitrogen and oxygen atoms in total. The SMILES string of the molecule is c1ccc(-c2cc(-c3ccccc3)nc(-c3cccc4sc5ccc(-c6nc(-c7ccccc7)nc(-c7ccccc7)n6)cc5c34)n2)cc1. The minimum absolute atomic E-state index is 0.625. The van der Waals surface area contributed by atoms with Gasteiger partial charge in [0.2, 0.25) is 0 Å². The fraction of sp³-hybridized carbons (Fsp3) is 0.